The van der Waals surface area contributed by atoms with Crippen LogP contribution in [-0.2, 0) is 4.79 Å². The van der Waals surface area contributed by atoms with Crippen molar-refractivity contribution in [3.05, 3.63) is 58.3 Å². The summed E-state index contributed by atoms with van der Waals surface area (Å²) in [6.45, 7) is -0.0755. The van der Waals surface area contributed by atoms with Crippen LogP contribution >= 0.6 is 23.2 Å². The van der Waals surface area contributed by atoms with Crippen molar-refractivity contribution >= 4 is 29.1 Å². The lowest BCUT2D eigenvalue weighted by Gasteiger charge is -2.28. The Labute approximate surface area is 151 Å². The van der Waals surface area contributed by atoms with E-state index < -0.39 is 0 Å². The van der Waals surface area contributed by atoms with Crippen LogP contribution in [0.25, 0.3) is 0 Å². The molecule has 1 aromatic carbocycles. The first-order valence-corrected chi connectivity index (χ1v) is 8.56. The lowest BCUT2D eigenvalue weighted by molar-refractivity contribution is -0.134. The van der Waals surface area contributed by atoms with Gasteiger partial charge in [-0.25, -0.2) is 0 Å². The molecule has 1 heterocycles. The largest absolute Gasteiger partial charge is 0.482 e. The van der Waals surface area contributed by atoms with Gasteiger partial charge in [-0.15, -0.1) is 0 Å². The Bertz CT molecular complexity index is 720. The highest BCUT2D eigenvalue weighted by Gasteiger charge is 2.37. The first kappa shape index (κ1) is 17.1. The number of hydrogen-bond acceptors (Lipinski definition) is 3. The summed E-state index contributed by atoms with van der Waals surface area (Å²) in [4.78, 5) is 18.7. The molecule has 3 rings (SSSR count). The van der Waals surface area contributed by atoms with E-state index in [9.17, 15) is 4.79 Å². The number of rotatable bonds is 6. The van der Waals surface area contributed by atoms with E-state index in [2.05, 4.69) is 4.98 Å². The van der Waals surface area contributed by atoms with Crippen LogP contribution in [0.15, 0.2) is 42.6 Å². The monoisotopic (exact) mass is 364 g/mol. The fourth-order valence-electron chi connectivity index (χ4n) is 2.71. The lowest BCUT2D eigenvalue weighted by Crippen LogP contribution is -2.36. The maximum absolute atomic E-state index is 12.5. The molecule has 0 spiro atoms. The average Bonchev–Trinajstić information content (AvgIpc) is 3.40. The number of carbonyl (C=O) groups is 1. The van der Waals surface area contributed by atoms with E-state index in [1.54, 1.807) is 36.3 Å². The molecule has 2 aromatic rings. The second kappa shape index (κ2) is 7.41. The Kier molecular flexibility index (Phi) is 5.27. The lowest BCUT2D eigenvalue weighted by atomic mass is 10.1. The molecule has 0 radical (unpaired) electrons. The molecule has 6 heteroatoms. The van der Waals surface area contributed by atoms with Gasteiger partial charge in [0.15, 0.2) is 6.61 Å². The van der Waals surface area contributed by atoms with Gasteiger partial charge in [-0.1, -0.05) is 29.3 Å². The summed E-state index contributed by atoms with van der Waals surface area (Å²) in [6, 6.07) is 10.7. The molecule has 1 aliphatic carbocycles. The highest BCUT2D eigenvalue weighted by Crippen LogP contribution is 2.43. The molecular formula is C18H18Cl2N2O2. The van der Waals surface area contributed by atoms with Gasteiger partial charge < -0.3 is 9.64 Å². The van der Waals surface area contributed by atoms with Crippen molar-refractivity contribution in [2.75, 3.05) is 13.7 Å². The van der Waals surface area contributed by atoms with Crippen molar-refractivity contribution in [3.63, 3.8) is 0 Å². The number of nitrogens with zero attached hydrogens (tertiary/aromatic N) is 2. The fraction of sp³-hybridized carbons (Fsp3) is 0.333. The Balaban J connectivity index is 1.67. The van der Waals surface area contributed by atoms with Crippen molar-refractivity contribution in [3.8, 4) is 5.75 Å². The quantitative estimate of drug-likeness (QED) is 0.763. The van der Waals surface area contributed by atoms with Crippen LogP contribution in [0, 0.1) is 5.92 Å². The van der Waals surface area contributed by atoms with Gasteiger partial charge in [0, 0.05) is 18.3 Å². The Morgan fingerprint density at radius 1 is 1.33 bits per heavy atom. The maximum Gasteiger partial charge on any atom is 0.260 e. The number of carbonyl (C=O) groups excluding carboxylic acids is 1. The van der Waals surface area contributed by atoms with Gasteiger partial charge >= 0.3 is 0 Å². The van der Waals surface area contributed by atoms with Gasteiger partial charge in [-0.3, -0.25) is 9.78 Å². The summed E-state index contributed by atoms with van der Waals surface area (Å²) in [5, 5.41) is 0.918. The number of halogens is 2. The van der Waals surface area contributed by atoms with E-state index in [1.165, 1.54) is 0 Å². The first-order valence-electron chi connectivity index (χ1n) is 7.80. The first-order chi connectivity index (χ1) is 11.6. The summed E-state index contributed by atoms with van der Waals surface area (Å²) >= 11 is 11.9. The number of likely N-dealkylation sites (N-methyl/N-ethyl adjacent to an activating group) is 1. The van der Waals surface area contributed by atoms with Crippen molar-refractivity contribution in [1.82, 2.24) is 9.88 Å². The number of ether oxygens (including phenoxy) is 1. The smallest absolute Gasteiger partial charge is 0.260 e. The standard InChI is InChI=1S/C18H18Cl2N2O2/c1-22(18(12-5-6-12)15-4-2-3-9-21-15)17(23)11-24-16-8-7-13(19)10-14(16)20/h2-4,7-10,12,18H,5-6,11H2,1H3/t18-/m0/s1. The molecule has 1 aromatic heterocycles. The highest BCUT2D eigenvalue weighted by molar-refractivity contribution is 6.35. The fourth-order valence-corrected chi connectivity index (χ4v) is 3.17. The van der Waals surface area contributed by atoms with Crippen LogP contribution in [-0.4, -0.2) is 29.4 Å². The van der Waals surface area contributed by atoms with E-state index in [4.69, 9.17) is 27.9 Å². The van der Waals surface area contributed by atoms with Gasteiger partial charge in [0.25, 0.3) is 5.91 Å². The minimum atomic E-state index is -0.108. The Hall–Kier alpha value is -1.78. The van der Waals surface area contributed by atoms with Crippen LogP contribution in [0.5, 0.6) is 5.75 Å². The SMILES string of the molecule is CN(C(=O)COc1ccc(Cl)cc1Cl)[C@H](c1ccccn1)C1CC1. The highest BCUT2D eigenvalue weighted by atomic mass is 35.5. The number of hydrogen-bond donors (Lipinski definition) is 0. The number of amides is 1. The minimum absolute atomic E-state index is 0.0111. The van der Waals surface area contributed by atoms with Crippen LogP contribution < -0.4 is 4.74 Å². The average molecular weight is 365 g/mol. The van der Waals surface area contributed by atoms with E-state index in [-0.39, 0.29) is 18.6 Å². The maximum atomic E-state index is 12.5. The third-order valence-electron chi connectivity index (χ3n) is 4.12. The third kappa shape index (κ3) is 4.00. The number of aromatic nitrogens is 1. The molecule has 0 aliphatic heterocycles. The number of pyridine rings is 1. The van der Waals surface area contributed by atoms with Crippen molar-refractivity contribution < 1.29 is 9.53 Å². The molecule has 0 unspecified atom stereocenters. The molecule has 24 heavy (non-hydrogen) atoms. The van der Waals surface area contributed by atoms with E-state index in [1.807, 2.05) is 18.2 Å². The second-order valence-corrected chi connectivity index (χ2v) is 6.75. The normalized spacial score (nSPS) is 15.0. The predicted molar refractivity (Wildman–Crippen MR) is 94.4 cm³/mol. The van der Waals surface area contributed by atoms with Crippen LogP contribution in [0.2, 0.25) is 10.0 Å². The van der Waals surface area contributed by atoms with Gasteiger partial charge in [0.05, 0.1) is 16.8 Å². The van der Waals surface area contributed by atoms with Crippen molar-refractivity contribution in [2.24, 2.45) is 5.92 Å². The van der Waals surface area contributed by atoms with Gasteiger partial charge in [0.2, 0.25) is 0 Å². The second-order valence-electron chi connectivity index (χ2n) is 5.90. The molecule has 1 saturated carbocycles. The molecule has 1 atom stereocenters. The molecule has 0 saturated heterocycles. The summed E-state index contributed by atoms with van der Waals surface area (Å²) < 4.78 is 5.56. The van der Waals surface area contributed by atoms with E-state index in [0.29, 0.717) is 21.7 Å². The third-order valence-corrected chi connectivity index (χ3v) is 4.65. The summed E-state index contributed by atoms with van der Waals surface area (Å²) in [5.41, 5.74) is 0.917. The summed E-state index contributed by atoms with van der Waals surface area (Å²) in [5.74, 6) is 0.806. The zero-order valence-corrected chi connectivity index (χ0v) is 14.8. The van der Waals surface area contributed by atoms with Crippen molar-refractivity contribution in [1.29, 1.82) is 0 Å². The summed E-state index contributed by atoms with van der Waals surface area (Å²) in [6.07, 6.45) is 3.98. The van der Waals surface area contributed by atoms with E-state index in [0.717, 1.165) is 18.5 Å². The molecule has 0 bridgehead atoms. The topological polar surface area (TPSA) is 42.4 Å². The Morgan fingerprint density at radius 3 is 2.75 bits per heavy atom. The zero-order valence-electron chi connectivity index (χ0n) is 13.3. The number of benzene rings is 1. The minimum Gasteiger partial charge on any atom is -0.482 e. The van der Waals surface area contributed by atoms with Gasteiger partial charge in [-0.2, -0.15) is 0 Å². The Morgan fingerprint density at radius 2 is 2.12 bits per heavy atom. The predicted octanol–water partition coefficient (Wildman–Crippen LogP) is 4.38. The molecule has 0 N–H and O–H groups in total. The van der Waals surface area contributed by atoms with Crippen LogP contribution in [0.4, 0.5) is 0 Å². The van der Waals surface area contributed by atoms with E-state index >= 15 is 0 Å². The van der Waals surface area contributed by atoms with Crippen LogP contribution in [0.3, 0.4) is 0 Å². The van der Waals surface area contributed by atoms with Gasteiger partial charge in [0.1, 0.15) is 5.75 Å². The molecule has 126 valence electrons. The van der Waals surface area contributed by atoms with Crippen LogP contribution in [0.1, 0.15) is 24.6 Å². The zero-order chi connectivity index (χ0) is 17.1. The molecule has 1 amide bonds. The van der Waals surface area contributed by atoms with Gasteiger partial charge in [-0.05, 0) is 49.1 Å². The molecular weight excluding hydrogens is 347 g/mol. The van der Waals surface area contributed by atoms with Crippen molar-refractivity contribution in [2.45, 2.75) is 18.9 Å². The molecule has 4 nitrogen and oxygen atoms in total. The molecule has 1 fully saturated rings. The summed E-state index contributed by atoms with van der Waals surface area (Å²) in [7, 11) is 1.80. The molecule has 1 aliphatic rings.